The number of nitrogens with one attached hydrogen (secondary N) is 1. The van der Waals surface area contributed by atoms with E-state index in [-0.39, 0.29) is 11.6 Å². The summed E-state index contributed by atoms with van der Waals surface area (Å²) < 4.78 is 0. The second-order valence-corrected chi connectivity index (χ2v) is 5.41. The van der Waals surface area contributed by atoms with Crippen molar-refractivity contribution in [3.05, 3.63) is 33.4 Å². The highest BCUT2D eigenvalue weighted by molar-refractivity contribution is 5.95. The zero-order valence-corrected chi connectivity index (χ0v) is 11.3. The number of hydrogen-bond donors (Lipinski definition) is 1. The zero-order chi connectivity index (χ0) is 14.1. The maximum absolute atomic E-state index is 11.9. The van der Waals surface area contributed by atoms with Crippen LogP contribution in [0.25, 0.3) is 0 Å². The predicted molar refractivity (Wildman–Crippen MR) is 70.7 cm³/mol. The molecule has 0 spiro atoms. The van der Waals surface area contributed by atoms with Gasteiger partial charge in [-0.05, 0) is 25.5 Å². The number of carbonyl (C=O) groups excluding carboxylic acids is 1. The van der Waals surface area contributed by atoms with Gasteiger partial charge in [0.15, 0.2) is 0 Å². The lowest BCUT2D eigenvalue weighted by Crippen LogP contribution is -2.28. The molecule has 0 aliphatic heterocycles. The van der Waals surface area contributed by atoms with Crippen molar-refractivity contribution >= 4 is 17.3 Å². The zero-order valence-electron chi connectivity index (χ0n) is 11.3. The number of nitro groups is 1. The Morgan fingerprint density at radius 3 is 2.22 bits per heavy atom. The summed E-state index contributed by atoms with van der Waals surface area (Å²) in [5.41, 5.74) is 1.38. The summed E-state index contributed by atoms with van der Waals surface area (Å²) in [6.07, 6.45) is 0. The van der Waals surface area contributed by atoms with Crippen molar-refractivity contribution in [2.45, 2.75) is 34.6 Å². The smallest absolute Gasteiger partial charge is 0.274 e. The Bertz CT molecular complexity index is 502. The summed E-state index contributed by atoms with van der Waals surface area (Å²) in [4.78, 5) is 22.3. The van der Waals surface area contributed by atoms with Crippen LogP contribution in [0.2, 0.25) is 0 Å². The molecule has 1 rings (SSSR count). The number of aryl methyl sites for hydroxylation is 2. The lowest BCUT2D eigenvalue weighted by Gasteiger charge is -2.18. The first kappa shape index (κ1) is 14.2. The molecular weight excluding hydrogens is 232 g/mol. The van der Waals surface area contributed by atoms with Gasteiger partial charge in [-0.25, -0.2) is 0 Å². The van der Waals surface area contributed by atoms with Gasteiger partial charge in [-0.3, -0.25) is 14.9 Å². The molecule has 0 bridgehead atoms. The molecule has 0 unspecified atom stereocenters. The topological polar surface area (TPSA) is 72.2 Å². The average Bonchev–Trinajstić information content (AvgIpc) is 2.19. The van der Waals surface area contributed by atoms with Crippen molar-refractivity contribution < 1.29 is 9.72 Å². The molecular formula is C13H18N2O3. The Morgan fingerprint density at radius 1 is 1.22 bits per heavy atom. The number of carbonyl (C=O) groups is 1. The van der Waals surface area contributed by atoms with E-state index in [0.717, 1.165) is 5.56 Å². The van der Waals surface area contributed by atoms with Gasteiger partial charge >= 0.3 is 0 Å². The minimum absolute atomic E-state index is 0.0183. The maximum Gasteiger partial charge on any atom is 0.274 e. The SMILES string of the molecule is Cc1cc(C)c([N+](=O)[O-])cc1NC(=O)C(C)(C)C. The highest BCUT2D eigenvalue weighted by Gasteiger charge is 2.23. The molecule has 18 heavy (non-hydrogen) atoms. The van der Waals surface area contributed by atoms with Crippen LogP contribution in [-0.4, -0.2) is 10.8 Å². The largest absolute Gasteiger partial charge is 0.325 e. The molecule has 5 nitrogen and oxygen atoms in total. The van der Waals surface area contributed by atoms with Gasteiger partial charge in [0.05, 0.1) is 10.6 Å². The summed E-state index contributed by atoms with van der Waals surface area (Å²) >= 11 is 0. The quantitative estimate of drug-likeness (QED) is 0.647. The predicted octanol–water partition coefficient (Wildman–Crippen LogP) is 3.20. The summed E-state index contributed by atoms with van der Waals surface area (Å²) in [5.74, 6) is -0.163. The number of rotatable bonds is 2. The second kappa shape index (κ2) is 4.76. The van der Waals surface area contributed by atoms with Crippen molar-refractivity contribution in [3.8, 4) is 0 Å². The van der Waals surface area contributed by atoms with Crippen LogP contribution >= 0.6 is 0 Å². The minimum Gasteiger partial charge on any atom is -0.325 e. The Morgan fingerprint density at radius 2 is 1.78 bits per heavy atom. The molecule has 1 N–H and O–H groups in total. The van der Waals surface area contributed by atoms with Crippen LogP contribution in [0.1, 0.15) is 31.9 Å². The molecule has 0 aliphatic carbocycles. The molecule has 0 heterocycles. The van der Waals surface area contributed by atoms with Gasteiger partial charge in [-0.2, -0.15) is 0 Å². The Labute approximate surface area is 106 Å². The average molecular weight is 250 g/mol. The number of hydrogen-bond acceptors (Lipinski definition) is 3. The van der Waals surface area contributed by atoms with Crippen molar-refractivity contribution in [2.75, 3.05) is 5.32 Å². The van der Waals surface area contributed by atoms with Crippen LogP contribution in [0.5, 0.6) is 0 Å². The summed E-state index contributed by atoms with van der Waals surface area (Å²) in [5, 5.41) is 13.6. The third-order valence-electron chi connectivity index (χ3n) is 2.67. The highest BCUT2D eigenvalue weighted by Crippen LogP contribution is 2.27. The fourth-order valence-corrected chi connectivity index (χ4v) is 1.48. The van der Waals surface area contributed by atoms with Crippen molar-refractivity contribution in [1.82, 2.24) is 0 Å². The molecule has 0 aromatic heterocycles. The fourth-order valence-electron chi connectivity index (χ4n) is 1.48. The molecule has 1 aromatic rings. The molecule has 1 amide bonds. The maximum atomic E-state index is 11.9. The molecule has 0 atom stereocenters. The third kappa shape index (κ3) is 3.06. The van der Waals surface area contributed by atoms with E-state index in [0.29, 0.717) is 11.3 Å². The number of benzene rings is 1. The highest BCUT2D eigenvalue weighted by atomic mass is 16.6. The van der Waals surface area contributed by atoms with Gasteiger partial charge < -0.3 is 5.32 Å². The van der Waals surface area contributed by atoms with Crippen molar-refractivity contribution in [2.24, 2.45) is 5.41 Å². The molecule has 1 aromatic carbocycles. The normalized spacial score (nSPS) is 11.2. The summed E-state index contributed by atoms with van der Waals surface area (Å²) in [6, 6.07) is 3.12. The Kier molecular flexibility index (Phi) is 3.74. The van der Waals surface area contributed by atoms with E-state index in [9.17, 15) is 14.9 Å². The van der Waals surface area contributed by atoms with Crippen LogP contribution in [-0.2, 0) is 4.79 Å². The molecule has 98 valence electrons. The van der Waals surface area contributed by atoms with Crippen LogP contribution < -0.4 is 5.32 Å². The Hall–Kier alpha value is -1.91. The van der Waals surface area contributed by atoms with E-state index < -0.39 is 10.3 Å². The van der Waals surface area contributed by atoms with Crippen LogP contribution in [0, 0.1) is 29.4 Å². The summed E-state index contributed by atoms with van der Waals surface area (Å²) in [6.45, 7) is 8.87. The number of anilines is 1. The van der Waals surface area contributed by atoms with Gasteiger partial charge in [-0.1, -0.05) is 20.8 Å². The van der Waals surface area contributed by atoms with E-state index in [1.807, 2.05) is 6.92 Å². The number of nitro benzene ring substituents is 1. The lowest BCUT2D eigenvalue weighted by atomic mass is 9.95. The summed E-state index contributed by atoms with van der Waals surface area (Å²) in [7, 11) is 0. The van der Waals surface area contributed by atoms with Gasteiger partial charge in [0.2, 0.25) is 5.91 Å². The first-order valence-corrected chi connectivity index (χ1v) is 5.70. The van der Waals surface area contributed by atoms with Gasteiger partial charge in [-0.15, -0.1) is 0 Å². The molecule has 5 heteroatoms. The van der Waals surface area contributed by atoms with Crippen molar-refractivity contribution in [1.29, 1.82) is 0 Å². The first-order chi connectivity index (χ1) is 8.12. The van der Waals surface area contributed by atoms with Crippen LogP contribution in [0.15, 0.2) is 12.1 Å². The van der Waals surface area contributed by atoms with E-state index in [2.05, 4.69) is 5.32 Å². The van der Waals surface area contributed by atoms with E-state index in [1.54, 1.807) is 33.8 Å². The number of amides is 1. The van der Waals surface area contributed by atoms with Crippen LogP contribution in [0.3, 0.4) is 0 Å². The van der Waals surface area contributed by atoms with Gasteiger partial charge in [0.1, 0.15) is 0 Å². The standard InChI is InChI=1S/C13H18N2O3/c1-8-6-9(2)11(15(17)18)7-10(8)14-12(16)13(3,4)5/h6-7H,1-5H3,(H,14,16). The lowest BCUT2D eigenvalue weighted by molar-refractivity contribution is -0.385. The number of nitrogens with zero attached hydrogens (tertiary/aromatic N) is 1. The molecule has 0 saturated heterocycles. The third-order valence-corrected chi connectivity index (χ3v) is 2.67. The fraction of sp³-hybridized carbons (Fsp3) is 0.462. The van der Waals surface area contributed by atoms with E-state index in [1.165, 1.54) is 6.07 Å². The van der Waals surface area contributed by atoms with Crippen molar-refractivity contribution in [3.63, 3.8) is 0 Å². The first-order valence-electron chi connectivity index (χ1n) is 5.70. The van der Waals surface area contributed by atoms with E-state index in [4.69, 9.17) is 0 Å². The molecule has 0 aliphatic rings. The van der Waals surface area contributed by atoms with E-state index >= 15 is 0 Å². The Balaban J connectivity index is 3.14. The molecule has 0 radical (unpaired) electrons. The van der Waals surface area contributed by atoms with Gasteiger partial charge in [0.25, 0.3) is 5.69 Å². The van der Waals surface area contributed by atoms with Gasteiger partial charge in [0, 0.05) is 17.0 Å². The minimum atomic E-state index is -0.536. The molecule has 0 saturated carbocycles. The second-order valence-electron chi connectivity index (χ2n) is 5.41. The van der Waals surface area contributed by atoms with Crippen LogP contribution in [0.4, 0.5) is 11.4 Å². The molecule has 0 fully saturated rings. The monoisotopic (exact) mass is 250 g/mol.